The predicted octanol–water partition coefficient (Wildman–Crippen LogP) is 6.24. The summed E-state index contributed by atoms with van der Waals surface area (Å²) in [5.74, 6) is 0.260. The Morgan fingerprint density at radius 3 is 2.35 bits per heavy atom. The van der Waals surface area contributed by atoms with Gasteiger partial charge >= 0.3 is 5.63 Å². The summed E-state index contributed by atoms with van der Waals surface area (Å²) in [6, 6.07) is 24.5. The zero-order valence-corrected chi connectivity index (χ0v) is 17.5. The number of hydrogen-bond acceptors (Lipinski definition) is 3. The lowest BCUT2D eigenvalue weighted by Crippen LogP contribution is -2.08. The van der Waals surface area contributed by atoms with E-state index in [0.717, 1.165) is 16.5 Å². The first-order valence-corrected chi connectivity index (χ1v) is 10.2. The normalized spacial score (nSPS) is 11.3. The van der Waals surface area contributed by atoms with Crippen LogP contribution in [0.5, 0.6) is 0 Å². The first-order valence-electron chi connectivity index (χ1n) is 10.2. The van der Waals surface area contributed by atoms with Gasteiger partial charge in [0.05, 0.1) is 5.56 Å². The molecule has 1 heterocycles. The highest BCUT2D eigenvalue weighted by molar-refractivity contribution is 6.02. The summed E-state index contributed by atoms with van der Waals surface area (Å²) in [5, 5.41) is 3.70. The monoisotopic (exact) mass is 409 g/mol. The van der Waals surface area contributed by atoms with Crippen molar-refractivity contribution in [2.24, 2.45) is 0 Å². The number of fused-ring (bicyclic) bond motifs is 1. The zero-order chi connectivity index (χ0) is 21.8. The van der Waals surface area contributed by atoms with Gasteiger partial charge in [0, 0.05) is 17.1 Å². The summed E-state index contributed by atoms with van der Waals surface area (Å²) in [5.41, 5.74) is 4.28. The Morgan fingerprint density at radius 1 is 0.935 bits per heavy atom. The molecule has 0 saturated carbocycles. The van der Waals surface area contributed by atoms with Crippen LogP contribution in [-0.2, 0) is 4.79 Å². The number of anilines is 1. The number of nitrogens with one attached hydrogen (secondary N) is 1. The Morgan fingerprint density at radius 2 is 1.65 bits per heavy atom. The lowest BCUT2D eigenvalue weighted by molar-refractivity contribution is -0.111. The van der Waals surface area contributed by atoms with Gasteiger partial charge in [-0.3, -0.25) is 4.79 Å². The third kappa shape index (κ3) is 4.81. The average molecular weight is 409 g/mol. The molecule has 154 valence electrons. The maximum Gasteiger partial charge on any atom is 0.344 e. The van der Waals surface area contributed by atoms with E-state index in [2.05, 4.69) is 31.3 Å². The topological polar surface area (TPSA) is 59.3 Å². The SMILES string of the molecule is CC(C)c1ccc(C=CC(=O)Nc2ccc(-c3cc4ccccc4oc3=O)cc2)cc1. The van der Waals surface area contributed by atoms with E-state index in [-0.39, 0.29) is 11.5 Å². The highest BCUT2D eigenvalue weighted by Gasteiger charge is 2.08. The molecule has 0 bridgehead atoms. The molecular weight excluding hydrogens is 386 g/mol. The third-order valence-electron chi connectivity index (χ3n) is 5.14. The van der Waals surface area contributed by atoms with Crippen molar-refractivity contribution in [1.82, 2.24) is 0 Å². The van der Waals surface area contributed by atoms with E-state index in [4.69, 9.17) is 4.42 Å². The molecule has 1 amide bonds. The zero-order valence-electron chi connectivity index (χ0n) is 17.5. The Labute approximate surface area is 180 Å². The molecule has 4 nitrogen and oxygen atoms in total. The van der Waals surface area contributed by atoms with Crippen molar-refractivity contribution in [3.8, 4) is 11.1 Å². The van der Waals surface area contributed by atoms with Crippen LogP contribution in [0, 0.1) is 0 Å². The maximum atomic E-state index is 12.3. The van der Waals surface area contributed by atoms with Gasteiger partial charge in [0.2, 0.25) is 5.91 Å². The van der Waals surface area contributed by atoms with Crippen LogP contribution < -0.4 is 10.9 Å². The molecule has 3 aromatic carbocycles. The Kier molecular flexibility index (Phi) is 5.80. The van der Waals surface area contributed by atoms with Gasteiger partial charge in [-0.05, 0) is 52.9 Å². The molecule has 4 aromatic rings. The van der Waals surface area contributed by atoms with Gasteiger partial charge in [0.15, 0.2) is 0 Å². The van der Waals surface area contributed by atoms with Gasteiger partial charge in [0.1, 0.15) is 5.58 Å². The number of carbonyl (C=O) groups is 1. The molecule has 4 heteroatoms. The van der Waals surface area contributed by atoms with Crippen molar-refractivity contribution < 1.29 is 9.21 Å². The van der Waals surface area contributed by atoms with Crippen LogP contribution in [0.2, 0.25) is 0 Å². The number of benzene rings is 3. The lowest BCUT2D eigenvalue weighted by Gasteiger charge is -2.06. The Hall–Kier alpha value is -3.92. The van der Waals surface area contributed by atoms with Crippen molar-refractivity contribution in [2.75, 3.05) is 5.32 Å². The van der Waals surface area contributed by atoms with Crippen LogP contribution in [0.4, 0.5) is 5.69 Å². The fourth-order valence-corrected chi connectivity index (χ4v) is 3.34. The van der Waals surface area contributed by atoms with Crippen LogP contribution in [-0.4, -0.2) is 5.91 Å². The fourth-order valence-electron chi connectivity index (χ4n) is 3.34. The van der Waals surface area contributed by atoms with Gasteiger partial charge in [0.25, 0.3) is 0 Å². The van der Waals surface area contributed by atoms with Gasteiger partial charge in [-0.25, -0.2) is 4.79 Å². The second-order valence-electron chi connectivity index (χ2n) is 7.71. The van der Waals surface area contributed by atoms with E-state index >= 15 is 0 Å². The summed E-state index contributed by atoms with van der Waals surface area (Å²) in [6.07, 6.45) is 3.30. The summed E-state index contributed by atoms with van der Waals surface area (Å²) in [7, 11) is 0. The van der Waals surface area contributed by atoms with Gasteiger partial charge in [-0.1, -0.05) is 68.4 Å². The Bertz CT molecular complexity index is 1300. The van der Waals surface area contributed by atoms with Crippen LogP contribution in [0.3, 0.4) is 0 Å². The number of rotatable bonds is 5. The minimum Gasteiger partial charge on any atom is -0.422 e. The standard InChI is InChI=1S/C27H23NO3/c1-18(2)20-10-7-19(8-11-20)9-16-26(29)28-23-14-12-21(13-15-23)24-17-22-5-3-4-6-25(22)31-27(24)30/h3-18H,1-2H3,(H,28,29). The highest BCUT2D eigenvalue weighted by Crippen LogP contribution is 2.22. The van der Waals surface area contributed by atoms with E-state index in [1.165, 1.54) is 11.6 Å². The molecule has 0 radical (unpaired) electrons. The number of carbonyl (C=O) groups excluding carboxylic acids is 1. The molecule has 1 N–H and O–H groups in total. The molecule has 4 rings (SSSR count). The van der Waals surface area contributed by atoms with Gasteiger partial charge < -0.3 is 9.73 Å². The number of amides is 1. The second-order valence-corrected chi connectivity index (χ2v) is 7.71. The largest absolute Gasteiger partial charge is 0.422 e. The lowest BCUT2D eigenvalue weighted by atomic mass is 10.0. The third-order valence-corrected chi connectivity index (χ3v) is 5.14. The van der Waals surface area contributed by atoms with Crippen molar-refractivity contribution in [3.63, 3.8) is 0 Å². The van der Waals surface area contributed by atoms with Gasteiger partial charge in [-0.15, -0.1) is 0 Å². The Balaban J connectivity index is 1.45. The molecule has 0 atom stereocenters. The van der Waals surface area contributed by atoms with Crippen molar-refractivity contribution in [1.29, 1.82) is 0 Å². The summed E-state index contributed by atoms with van der Waals surface area (Å²) < 4.78 is 5.40. The first kappa shape index (κ1) is 20.4. The molecule has 1 aromatic heterocycles. The number of para-hydroxylation sites is 1. The number of hydrogen-bond donors (Lipinski definition) is 1. The van der Waals surface area contributed by atoms with Gasteiger partial charge in [-0.2, -0.15) is 0 Å². The predicted molar refractivity (Wildman–Crippen MR) is 126 cm³/mol. The summed E-state index contributed by atoms with van der Waals surface area (Å²) in [4.78, 5) is 24.6. The van der Waals surface area contributed by atoms with E-state index < -0.39 is 0 Å². The summed E-state index contributed by atoms with van der Waals surface area (Å²) in [6.45, 7) is 4.30. The second kappa shape index (κ2) is 8.84. The minimum absolute atomic E-state index is 0.217. The molecule has 0 saturated heterocycles. The van der Waals surface area contributed by atoms with Crippen molar-refractivity contribution in [2.45, 2.75) is 19.8 Å². The van der Waals surface area contributed by atoms with Crippen LogP contribution in [0.15, 0.2) is 94.2 Å². The molecule has 31 heavy (non-hydrogen) atoms. The quantitative estimate of drug-likeness (QED) is 0.314. The molecule has 0 aliphatic rings. The molecule has 0 aliphatic heterocycles. The minimum atomic E-state index is -0.387. The van der Waals surface area contributed by atoms with Crippen LogP contribution >= 0.6 is 0 Å². The molecular formula is C27H23NO3. The fraction of sp³-hybridized carbons (Fsp3) is 0.111. The van der Waals surface area contributed by atoms with E-state index in [1.807, 2.05) is 36.4 Å². The molecule has 0 fully saturated rings. The van der Waals surface area contributed by atoms with Crippen molar-refractivity contribution in [3.05, 3.63) is 106 Å². The molecule has 0 spiro atoms. The average Bonchev–Trinajstić information content (AvgIpc) is 2.78. The van der Waals surface area contributed by atoms with E-state index in [9.17, 15) is 9.59 Å². The summed E-state index contributed by atoms with van der Waals surface area (Å²) >= 11 is 0. The van der Waals surface area contributed by atoms with Crippen molar-refractivity contribution >= 4 is 28.6 Å². The van der Waals surface area contributed by atoms with E-state index in [1.54, 1.807) is 36.4 Å². The highest BCUT2D eigenvalue weighted by atomic mass is 16.4. The smallest absolute Gasteiger partial charge is 0.344 e. The van der Waals surface area contributed by atoms with Crippen LogP contribution in [0.25, 0.3) is 28.2 Å². The maximum absolute atomic E-state index is 12.3. The first-order chi connectivity index (χ1) is 15.0. The molecule has 0 unspecified atom stereocenters. The molecule has 0 aliphatic carbocycles. The van der Waals surface area contributed by atoms with Crippen LogP contribution in [0.1, 0.15) is 30.9 Å². The van der Waals surface area contributed by atoms with E-state index in [0.29, 0.717) is 22.8 Å².